The third-order valence-corrected chi connectivity index (χ3v) is 1.28. The van der Waals surface area contributed by atoms with Crippen molar-refractivity contribution in [2.24, 2.45) is 5.16 Å². The van der Waals surface area contributed by atoms with E-state index >= 15 is 0 Å². The van der Waals surface area contributed by atoms with Crippen molar-refractivity contribution in [3.63, 3.8) is 0 Å². The van der Waals surface area contributed by atoms with Gasteiger partial charge in [0.2, 0.25) is 0 Å². The molecule has 0 atom stereocenters. The summed E-state index contributed by atoms with van der Waals surface area (Å²) in [6, 6.07) is 5.28. The minimum atomic E-state index is 0.417. The van der Waals surface area contributed by atoms with Gasteiger partial charge in [0.05, 0.1) is 6.54 Å². The highest BCUT2D eigenvalue weighted by atomic mass is 16.4. The summed E-state index contributed by atoms with van der Waals surface area (Å²) in [7, 11) is 0. The van der Waals surface area contributed by atoms with E-state index in [1.807, 2.05) is 6.07 Å². The Morgan fingerprint density at radius 1 is 1.64 bits per heavy atom. The number of hydrogen-bond donors (Lipinski definition) is 1. The highest BCUT2D eigenvalue weighted by Gasteiger charge is 1.86. The first kappa shape index (κ1) is 7.42. The maximum Gasteiger partial charge on any atom is 0.172 e. The SMILES string of the molecule is C#CCn1cccc/c1=N/O. The topological polar surface area (TPSA) is 37.5 Å². The van der Waals surface area contributed by atoms with Crippen LogP contribution < -0.4 is 5.49 Å². The second-order valence-electron chi connectivity index (χ2n) is 1.99. The number of nitrogens with zero attached hydrogens (tertiary/aromatic N) is 2. The van der Waals surface area contributed by atoms with Crippen molar-refractivity contribution < 1.29 is 5.21 Å². The second kappa shape index (κ2) is 3.47. The van der Waals surface area contributed by atoms with E-state index in [4.69, 9.17) is 11.6 Å². The van der Waals surface area contributed by atoms with Crippen LogP contribution in [0.4, 0.5) is 0 Å². The Balaban J connectivity index is 3.16. The first-order chi connectivity index (χ1) is 5.38. The van der Waals surface area contributed by atoms with Crippen molar-refractivity contribution in [3.05, 3.63) is 29.9 Å². The van der Waals surface area contributed by atoms with Crippen LogP contribution in [0.1, 0.15) is 0 Å². The zero-order valence-electron chi connectivity index (χ0n) is 5.94. The molecule has 0 aromatic carbocycles. The van der Waals surface area contributed by atoms with Crippen LogP contribution in [-0.4, -0.2) is 9.77 Å². The molecule has 1 aromatic heterocycles. The van der Waals surface area contributed by atoms with E-state index in [-0.39, 0.29) is 0 Å². The summed E-state index contributed by atoms with van der Waals surface area (Å²) < 4.78 is 1.67. The Bertz CT molecular complexity index is 332. The van der Waals surface area contributed by atoms with E-state index in [0.29, 0.717) is 12.0 Å². The Hall–Kier alpha value is -1.69. The van der Waals surface area contributed by atoms with Crippen LogP contribution in [-0.2, 0) is 6.54 Å². The van der Waals surface area contributed by atoms with E-state index in [0.717, 1.165) is 0 Å². The monoisotopic (exact) mass is 148 g/mol. The first-order valence-electron chi connectivity index (χ1n) is 3.15. The summed E-state index contributed by atoms with van der Waals surface area (Å²) in [4.78, 5) is 0. The molecule has 1 N–H and O–H groups in total. The van der Waals surface area contributed by atoms with Crippen LogP contribution in [0.3, 0.4) is 0 Å². The summed E-state index contributed by atoms with van der Waals surface area (Å²) >= 11 is 0. The summed E-state index contributed by atoms with van der Waals surface area (Å²) in [5, 5.41) is 11.5. The van der Waals surface area contributed by atoms with Gasteiger partial charge in [-0.3, -0.25) is 0 Å². The average molecular weight is 148 g/mol. The molecule has 0 spiro atoms. The molecule has 56 valence electrons. The van der Waals surface area contributed by atoms with Crippen molar-refractivity contribution in [1.82, 2.24) is 4.57 Å². The molecule has 0 unspecified atom stereocenters. The van der Waals surface area contributed by atoms with Gasteiger partial charge in [-0.05, 0) is 12.1 Å². The summed E-state index contributed by atoms with van der Waals surface area (Å²) in [5.74, 6) is 2.45. The quantitative estimate of drug-likeness (QED) is 0.349. The van der Waals surface area contributed by atoms with E-state index in [1.165, 1.54) is 0 Å². The van der Waals surface area contributed by atoms with Gasteiger partial charge in [0, 0.05) is 6.20 Å². The van der Waals surface area contributed by atoms with E-state index in [2.05, 4.69) is 11.1 Å². The lowest BCUT2D eigenvalue weighted by Crippen LogP contribution is -2.18. The molecule has 1 rings (SSSR count). The lowest BCUT2D eigenvalue weighted by molar-refractivity contribution is 0.294. The fourth-order valence-electron chi connectivity index (χ4n) is 0.790. The minimum absolute atomic E-state index is 0.417. The van der Waals surface area contributed by atoms with Gasteiger partial charge < -0.3 is 9.77 Å². The highest BCUT2D eigenvalue weighted by Crippen LogP contribution is 1.80. The Kier molecular flexibility index (Phi) is 2.34. The van der Waals surface area contributed by atoms with Gasteiger partial charge in [-0.2, -0.15) is 0 Å². The molecule has 0 amide bonds. The fourth-order valence-corrected chi connectivity index (χ4v) is 0.790. The molecule has 0 fully saturated rings. The van der Waals surface area contributed by atoms with Crippen molar-refractivity contribution in [1.29, 1.82) is 0 Å². The lowest BCUT2D eigenvalue weighted by atomic mass is 10.4. The maximum absolute atomic E-state index is 8.48. The summed E-state index contributed by atoms with van der Waals surface area (Å²) in [6.07, 6.45) is 6.85. The third kappa shape index (κ3) is 1.62. The van der Waals surface area contributed by atoms with E-state index in [9.17, 15) is 0 Å². The summed E-state index contributed by atoms with van der Waals surface area (Å²) in [5.41, 5.74) is 0.463. The molecule has 3 heteroatoms. The van der Waals surface area contributed by atoms with Crippen LogP contribution in [0.5, 0.6) is 0 Å². The molecule has 0 radical (unpaired) electrons. The van der Waals surface area contributed by atoms with Crippen LogP contribution in [0.15, 0.2) is 29.6 Å². The Labute approximate surface area is 64.6 Å². The molecule has 0 bridgehead atoms. The van der Waals surface area contributed by atoms with Gasteiger partial charge in [-0.1, -0.05) is 17.1 Å². The number of rotatable bonds is 1. The number of terminal acetylenes is 1. The molecule has 0 aliphatic heterocycles. The van der Waals surface area contributed by atoms with E-state index < -0.39 is 0 Å². The number of aromatic nitrogens is 1. The second-order valence-corrected chi connectivity index (χ2v) is 1.99. The molecule has 1 heterocycles. The van der Waals surface area contributed by atoms with Gasteiger partial charge in [-0.25, -0.2) is 0 Å². The summed E-state index contributed by atoms with van der Waals surface area (Å²) in [6.45, 7) is 0.417. The van der Waals surface area contributed by atoms with Crippen molar-refractivity contribution in [2.75, 3.05) is 0 Å². The largest absolute Gasteiger partial charge is 0.409 e. The molecule has 0 aliphatic rings. The average Bonchev–Trinajstić information content (AvgIpc) is 2.06. The lowest BCUT2D eigenvalue weighted by Gasteiger charge is -1.98. The Morgan fingerprint density at radius 2 is 2.45 bits per heavy atom. The predicted molar refractivity (Wildman–Crippen MR) is 40.6 cm³/mol. The zero-order valence-corrected chi connectivity index (χ0v) is 5.94. The van der Waals surface area contributed by atoms with Gasteiger partial charge in [-0.15, -0.1) is 6.42 Å². The van der Waals surface area contributed by atoms with Gasteiger partial charge in [0.15, 0.2) is 5.49 Å². The Morgan fingerprint density at radius 3 is 3.09 bits per heavy atom. The predicted octanol–water partition coefficient (Wildman–Crippen LogP) is 0.411. The van der Waals surface area contributed by atoms with Gasteiger partial charge >= 0.3 is 0 Å². The van der Waals surface area contributed by atoms with Crippen LogP contribution in [0, 0.1) is 12.3 Å². The van der Waals surface area contributed by atoms with Crippen LogP contribution in [0.25, 0.3) is 0 Å². The van der Waals surface area contributed by atoms with Gasteiger partial charge in [0.25, 0.3) is 0 Å². The minimum Gasteiger partial charge on any atom is -0.409 e. The number of hydrogen-bond acceptors (Lipinski definition) is 2. The smallest absolute Gasteiger partial charge is 0.172 e. The van der Waals surface area contributed by atoms with Crippen molar-refractivity contribution in [2.45, 2.75) is 6.54 Å². The highest BCUT2D eigenvalue weighted by molar-refractivity contribution is 4.95. The molecular weight excluding hydrogens is 140 g/mol. The van der Waals surface area contributed by atoms with E-state index in [1.54, 1.807) is 22.9 Å². The zero-order chi connectivity index (χ0) is 8.10. The first-order valence-corrected chi connectivity index (χ1v) is 3.15. The maximum atomic E-state index is 8.48. The van der Waals surface area contributed by atoms with Gasteiger partial charge in [0.1, 0.15) is 0 Å². The van der Waals surface area contributed by atoms with Crippen LogP contribution in [0.2, 0.25) is 0 Å². The molecule has 1 aromatic rings. The fraction of sp³-hybridized carbons (Fsp3) is 0.125. The van der Waals surface area contributed by atoms with Crippen molar-refractivity contribution >= 4 is 0 Å². The van der Waals surface area contributed by atoms with Crippen molar-refractivity contribution in [3.8, 4) is 12.3 Å². The van der Waals surface area contributed by atoms with Crippen LogP contribution >= 0.6 is 0 Å². The molecule has 0 saturated heterocycles. The normalized spacial score (nSPS) is 11.0. The standard InChI is InChI=1S/C8H8N2O/c1-2-6-10-7-4-3-5-8(10)9-11/h1,3-5,7,11H,6H2/b9-8-. The number of pyridine rings is 1. The molecular formula is C8H8N2O. The molecule has 11 heavy (non-hydrogen) atoms. The third-order valence-electron chi connectivity index (χ3n) is 1.28. The molecule has 0 saturated carbocycles. The molecule has 0 aliphatic carbocycles. The molecule has 3 nitrogen and oxygen atoms in total.